The molecule has 1 aliphatic heterocycles. The third kappa shape index (κ3) is 9.33. The van der Waals surface area contributed by atoms with Crippen LogP contribution in [0.5, 0.6) is 0 Å². The van der Waals surface area contributed by atoms with E-state index in [0.717, 1.165) is 11.3 Å². The van der Waals surface area contributed by atoms with E-state index in [2.05, 4.69) is 16.0 Å². The second-order valence-corrected chi connectivity index (χ2v) is 10.3. The first kappa shape index (κ1) is 28.9. The molecule has 2 aromatic carbocycles. The zero-order valence-electron chi connectivity index (χ0n) is 21.5. The monoisotopic (exact) mass is 538 g/mol. The number of imide groups is 1. The average Bonchev–Trinajstić information content (AvgIpc) is 3.18. The Balaban J connectivity index is 1.39. The molecule has 0 bridgehead atoms. The molecule has 0 spiro atoms. The summed E-state index contributed by atoms with van der Waals surface area (Å²) in [6.45, 7) is 1.96. The van der Waals surface area contributed by atoms with Crippen LogP contribution in [-0.4, -0.2) is 58.0 Å². The summed E-state index contributed by atoms with van der Waals surface area (Å²) in [6.07, 6.45) is 2.42. The van der Waals surface area contributed by atoms with Crippen molar-refractivity contribution in [3.63, 3.8) is 0 Å². The Bertz CT molecular complexity index is 1110. The smallest absolute Gasteiger partial charge is 0.243 e. The summed E-state index contributed by atoms with van der Waals surface area (Å²) < 4.78 is 0. The van der Waals surface area contributed by atoms with Crippen LogP contribution >= 0.6 is 11.8 Å². The normalized spacial score (nSPS) is 15.7. The number of carbonyl (C=O) groups is 5. The predicted octanol–water partition coefficient (Wildman–Crippen LogP) is 2.87. The first-order valence-electron chi connectivity index (χ1n) is 12.7. The number of amides is 5. The Labute approximate surface area is 227 Å². The molecule has 0 aliphatic carbocycles. The molecule has 3 N–H and O–H groups in total. The molecule has 0 aromatic heterocycles. The third-order valence-corrected chi connectivity index (χ3v) is 7.31. The number of anilines is 1. The third-order valence-electron chi connectivity index (χ3n) is 6.01. The topological polar surface area (TPSA) is 125 Å². The van der Waals surface area contributed by atoms with Crippen LogP contribution in [0, 0.1) is 0 Å². The first-order chi connectivity index (χ1) is 18.3. The lowest BCUT2D eigenvalue weighted by atomic mass is 10.1. The number of hydrogen-bond acceptors (Lipinski definition) is 6. The minimum Gasteiger partial charge on any atom is -0.350 e. The number of rotatable bonds is 14. The largest absolute Gasteiger partial charge is 0.350 e. The van der Waals surface area contributed by atoms with Gasteiger partial charge in [0, 0.05) is 44.3 Å². The second kappa shape index (κ2) is 14.9. The van der Waals surface area contributed by atoms with E-state index in [0.29, 0.717) is 38.8 Å². The average molecular weight is 539 g/mol. The Hall–Kier alpha value is -3.66. The lowest BCUT2D eigenvalue weighted by Crippen LogP contribution is -2.47. The zero-order valence-corrected chi connectivity index (χ0v) is 22.3. The van der Waals surface area contributed by atoms with E-state index in [-0.39, 0.29) is 41.7 Å². The molecule has 1 saturated heterocycles. The van der Waals surface area contributed by atoms with Crippen LogP contribution in [0.15, 0.2) is 60.7 Å². The molecule has 2 atom stereocenters. The van der Waals surface area contributed by atoms with Crippen LogP contribution in [0.25, 0.3) is 0 Å². The van der Waals surface area contributed by atoms with Crippen molar-refractivity contribution in [3.8, 4) is 0 Å². The first-order valence-corrected chi connectivity index (χ1v) is 13.8. The lowest BCUT2D eigenvalue weighted by molar-refractivity contribution is -0.138. The summed E-state index contributed by atoms with van der Waals surface area (Å²) in [5, 5.41) is 7.70. The summed E-state index contributed by atoms with van der Waals surface area (Å²) in [5.74, 6) is -1.09. The Morgan fingerprint density at radius 2 is 1.66 bits per heavy atom. The molecule has 1 fully saturated rings. The second-order valence-electron chi connectivity index (χ2n) is 9.09. The van der Waals surface area contributed by atoms with E-state index in [9.17, 15) is 24.0 Å². The maximum Gasteiger partial charge on any atom is 0.243 e. The fraction of sp³-hybridized carbons (Fsp3) is 0.393. The van der Waals surface area contributed by atoms with Crippen LogP contribution in [-0.2, 0) is 30.5 Å². The number of likely N-dealkylation sites (tertiary alicyclic amines) is 1. The molecule has 0 radical (unpaired) electrons. The number of carbonyl (C=O) groups excluding carboxylic acids is 5. The van der Waals surface area contributed by atoms with Gasteiger partial charge in [-0.25, -0.2) is 0 Å². The van der Waals surface area contributed by atoms with Crippen molar-refractivity contribution in [1.29, 1.82) is 0 Å². The van der Waals surface area contributed by atoms with Gasteiger partial charge in [-0.15, -0.1) is 11.8 Å². The highest BCUT2D eigenvalue weighted by Crippen LogP contribution is 2.26. The SMILES string of the molecule is CC(=O)NC(CSC1CC(=O)N(CCCCCC(=O)Nc2ccccc2)C1=O)C(=O)NCc1ccccc1. The molecule has 5 amide bonds. The highest BCUT2D eigenvalue weighted by molar-refractivity contribution is 8.00. The summed E-state index contributed by atoms with van der Waals surface area (Å²) in [4.78, 5) is 63.0. The van der Waals surface area contributed by atoms with Gasteiger partial charge in [-0.05, 0) is 30.5 Å². The van der Waals surface area contributed by atoms with Crippen molar-refractivity contribution >= 4 is 47.0 Å². The molecule has 1 heterocycles. The van der Waals surface area contributed by atoms with E-state index >= 15 is 0 Å². The van der Waals surface area contributed by atoms with Crippen molar-refractivity contribution in [2.45, 2.75) is 56.9 Å². The molecular weight excluding hydrogens is 504 g/mol. The summed E-state index contributed by atoms with van der Waals surface area (Å²) in [7, 11) is 0. The van der Waals surface area contributed by atoms with Crippen molar-refractivity contribution in [2.24, 2.45) is 0 Å². The minimum atomic E-state index is -0.819. The van der Waals surface area contributed by atoms with Crippen LogP contribution in [0.1, 0.15) is 44.6 Å². The van der Waals surface area contributed by atoms with Crippen molar-refractivity contribution in [3.05, 3.63) is 66.2 Å². The number of unbranched alkanes of at least 4 members (excludes halogenated alkanes) is 2. The van der Waals surface area contributed by atoms with Crippen molar-refractivity contribution < 1.29 is 24.0 Å². The molecule has 202 valence electrons. The van der Waals surface area contributed by atoms with Gasteiger partial charge < -0.3 is 16.0 Å². The molecule has 2 aromatic rings. The Morgan fingerprint density at radius 3 is 2.34 bits per heavy atom. The Morgan fingerprint density at radius 1 is 0.974 bits per heavy atom. The van der Waals surface area contributed by atoms with Gasteiger partial charge in [0.05, 0.1) is 5.25 Å². The van der Waals surface area contributed by atoms with E-state index in [1.807, 2.05) is 60.7 Å². The molecule has 9 nitrogen and oxygen atoms in total. The number of hydrogen-bond donors (Lipinski definition) is 3. The molecule has 1 aliphatic rings. The van der Waals surface area contributed by atoms with Gasteiger partial charge in [0.2, 0.25) is 29.5 Å². The van der Waals surface area contributed by atoms with Crippen LogP contribution in [0.3, 0.4) is 0 Å². The van der Waals surface area contributed by atoms with E-state index in [1.54, 1.807) is 0 Å². The van der Waals surface area contributed by atoms with Crippen LogP contribution in [0.4, 0.5) is 5.69 Å². The molecule has 10 heteroatoms. The summed E-state index contributed by atoms with van der Waals surface area (Å²) in [5.41, 5.74) is 1.68. The lowest BCUT2D eigenvalue weighted by Gasteiger charge is -2.19. The molecule has 38 heavy (non-hydrogen) atoms. The van der Waals surface area contributed by atoms with Crippen LogP contribution in [0.2, 0.25) is 0 Å². The molecule has 3 rings (SSSR count). The number of para-hydroxylation sites is 1. The van der Waals surface area contributed by atoms with Gasteiger partial charge in [0.15, 0.2) is 0 Å². The summed E-state index contributed by atoms with van der Waals surface area (Å²) in [6, 6.07) is 17.8. The van der Waals surface area contributed by atoms with Gasteiger partial charge in [0.25, 0.3) is 0 Å². The standard InChI is InChI=1S/C28H34N4O5S/c1-20(33)30-23(27(36)29-18-21-11-5-2-6-12-21)19-38-24-17-26(35)32(28(24)37)16-10-4-9-15-25(34)31-22-13-7-3-8-14-22/h2-3,5-8,11-14,23-24H,4,9-10,15-19H2,1H3,(H,29,36)(H,30,33)(H,31,34). The maximum absolute atomic E-state index is 12.8. The highest BCUT2D eigenvalue weighted by atomic mass is 32.2. The zero-order chi connectivity index (χ0) is 27.3. The Kier molecular flexibility index (Phi) is 11.4. The number of nitrogens with zero attached hydrogens (tertiary/aromatic N) is 1. The molecule has 2 unspecified atom stereocenters. The number of thioether (sulfide) groups is 1. The maximum atomic E-state index is 12.8. The van der Waals surface area contributed by atoms with Gasteiger partial charge in [-0.1, -0.05) is 55.0 Å². The van der Waals surface area contributed by atoms with Gasteiger partial charge in [-0.3, -0.25) is 28.9 Å². The van der Waals surface area contributed by atoms with E-state index in [4.69, 9.17) is 0 Å². The van der Waals surface area contributed by atoms with E-state index in [1.165, 1.54) is 23.6 Å². The van der Waals surface area contributed by atoms with Gasteiger partial charge >= 0.3 is 0 Å². The van der Waals surface area contributed by atoms with Gasteiger partial charge in [-0.2, -0.15) is 0 Å². The molecular formula is C28H34N4O5S. The predicted molar refractivity (Wildman–Crippen MR) is 147 cm³/mol. The molecule has 0 saturated carbocycles. The fourth-order valence-electron chi connectivity index (χ4n) is 4.04. The summed E-state index contributed by atoms with van der Waals surface area (Å²) >= 11 is 1.21. The fourth-order valence-corrected chi connectivity index (χ4v) is 5.23. The van der Waals surface area contributed by atoms with E-state index < -0.39 is 11.3 Å². The van der Waals surface area contributed by atoms with Crippen molar-refractivity contribution in [2.75, 3.05) is 17.6 Å². The number of nitrogens with one attached hydrogen (secondary N) is 3. The quantitative estimate of drug-likeness (QED) is 0.251. The minimum absolute atomic E-state index is 0.0671. The highest BCUT2D eigenvalue weighted by Gasteiger charge is 2.39. The van der Waals surface area contributed by atoms with Crippen LogP contribution < -0.4 is 16.0 Å². The number of benzene rings is 2. The van der Waals surface area contributed by atoms with Gasteiger partial charge in [0.1, 0.15) is 6.04 Å². The van der Waals surface area contributed by atoms with Crippen molar-refractivity contribution in [1.82, 2.24) is 15.5 Å².